The van der Waals surface area contributed by atoms with E-state index in [-0.39, 0.29) is 24.9 Å². The lowest BCUT2D eigenvalue weighted by Crippen LogP contribution is -2.53. The van der Waals surface area contributed by atoms with Crippen molar-refractivity contribution < 1.29 is 33.7 Å². The van der Waals surface area contributed by atoms with Gasteiger partial charge in [-0.25, -0.2) is 9.69 Å². The topological polar surface area (TPSA) is 102 Å². The number of carbonyl (C=O) groups excluding carboxylic acids is 3. The third kappa shape index (κ3) is 7.17. The average molecular weight is 452 g/mol. The number of allylic oxidation sites excluding steroid dienone is 2. The highest BCUT2D eigenvalue weighted by atomic mass is 16.6. The lowest BCUT2D eigenvalue weighted by Gasteiger charge is -2.31. The zero-order chi connectivity index (χ0) is 23.5. The molecule has 0 aromatic carbocycles. The number of aliphatic hydroxyl groups excluding tert-OH is 1. The van der Waals surface area contributed by atoms with E-state index >= 15 is 0 Å². The molecular formula is C24H37NO7. The largest absolute Gasteiger partial charge is 0.479 e. The van der Waals surface area contributed by atoms with Crippen LogP contribution in [0.25, 0.3) is 0 Å². The number of cyclic esters (lactones) is 1. The van der Waals surface area contributed by atoms with E-state index in [4.69, 9.17) is 19.3 Å². The van der Waals surface area contributed by atoms with Gasteiger partial charge in [0, 0.05) is 13.7 Å². The van der Waals surface area contributed by atoms with Gasteiger partial charge in [0.25, 0.3) is 5.91 Å². The summed E-state index contributed by atoms with van der Waals surface area (Å²) < 4.78 is 16.2. The molecule has 180 valence electrons. The minimum Gasteiger partial charge on any atom is -0.479 e. The van der Waals surface area contributed by atoms with Gasteiger partial charge in [0.05, 0.1) is 6.04 Å². The minimum absolute atomic E-state index is 0.0101. The van der Waals surface area contributed by atoms with Gasteiger partial charge in [-0.05, 0) is 43.4 Å². The second kappa shape index (κ2) is 13.4. The molecule has 1 N–H and O–H groups in total. The highest BCUT2D eigenvalue weighted by molar-refractivity contribution is 6.03. The van der Waals surface area contributed by atoms with Gasteiger partial charge in [-0.3, -0.25) is 9.59 Å². The molecule has 0 bridgehead atoms. The molecule has 32 heavy (non-hydrogen) atoms. The first-order valence-electron chi connectivity index (χ1n) is 11.6. The number of methoxy groups -OCH3 is 1. The summed E-state index contributed by atoms with van der Waals surface area (Å²) in [5.41, 5.74) is 0. The Bertz CT molecular complexity index is 700. The van der Waals surface area contributed by atoms with Gasteiger partial charge in [0.1, 0.15) is 12.4 Å². The molecule has 0 unspecified atom stereocenters. The van der Waals surface area contributed by atoms with E-state index in [9.17, 15) is 14.4 Å². The molecule has 0 radical (unpaired) electrons. The Hall–Kier alpha value is -2.19. The number of unbranched alkanes of at least 4 members (excludes halogenated alkanes) is 7. The Morgan fingerprint density at radius 1 is 1.16 bits per heavy atom. The number of ketones is 1. The Morgan fingerprint density at radius 3 is 2.44 bits per heavy atom. The molecule has 2 heterocycles. The van der Waals surface area contributed by atoms with Crippen molar-refractivity contribution in [2.45, 2.75) is 83.5 Å². The van der Waals surface area contributed by atoms with Crippen LogP contribution < -0.4 is 0 Å². The molecular weight excluding hydrogens is 414 g/mol. The van der Waals surface area contributed by atoms with E-state index in [2.05, 4.69) is 0 Å². The summed E-state index contributed by atoms with van der Waals surface area (Å²) in [5, 5.41) is 8.78. The SMILES string of the molecule is CO[C@H](C(=O)N1C(=O)OC[C@@H]1C(C)C)[C@H]1OC(=CCCCCCCCCCO)C=CC1=O. The maximum atomic E-state index is 13.1. The number of carbonyl (C=O) groups is 3. The highest BCUT2D eigenvalue weighted by Gasteiger charge is 2.47. The van der Waals surface area contributed by atoms with Gasteiger partial charge in [0.15, 0.2) is 18.0 Å². The number of ether oxygens (including phenoxy) is 3. The molecule has 8 heteroatoms. The summed E-state index contributed by atoms with van der Waals surface area (Å²) in [6, 6.07) is -0.402. The zero-order valence-corrected chi connectivity index (χ0v) is 19.5. The van der Waals surface area contributed by atoms with Gasteiger partial charge in [0.2, 0.25) is 0 Å². The molecule has 2 rings (SSSR count). The first-order valence-corrected chi connectivity index (χ1v) is 11.6. The third-order valence-corrected chi connectivity index (χ3v) is 5.85. The molecule has 0 aliphatic carbocycles. The van der Waals surface area contributed by atoms with Crippen LogP contribution in [0.5, 0.6) is 0 Å². The number of nitrogens with zero attached hydrogens (tertiary/aromatic N) is 1. The van der Waals surface area contributed by atoms with E-state index in [1.807, 2.05) is 19.9 Å². The van der Waals surface area contributed by atoms with E-state index in [1.165, 1.54) is 13.2 Å². The summed E-state index contributed by atoms with van der Waals surface area (Å²) in [6.07, 6.45) is 10.1. The van der Waals surface area contributed by atoms with Crippen LogP contribution in [0, 0.1) is 5.92 Å². The summed E-state index contributed by atoms with van der Waals surface area (Å²) >= 11 is 0. The smallest absolute Gasteiger partial charge is 0.417 e. The monoisotopic (exact) mass is 451 g/mol. The standard InChI is InChI=1S/C24H37NO7/c1-17(2)19-16-31-24(29)25(19)23(28)22(30-3)21-20(27)14-13-18(32-21)12-10-8-6-4-5-7-9-11-15-26/h12-14,17,19,21-22,26H,4-11,15-16H2,1-3H3/t19-,21+,22+/m1/s1. The van der Waals surface area contributed by atoms with Gasteiger partial charge < -0.3 is 19.3 Å². The molecule has 0 spiro atoms. The van der Waals surface area contributed by atoms with Gasteiger partial charge in [-0.2, -0.15) is 0 Å². The number of imide groups is 1. The Balaban J connectivity index is 1.91. The maximum Gasteiger partial charge on any atom is 0.417 e. The summed E-state index contributed by atoms with van der Waals surface area (Å²) in [7, 11) is 1.33. The second-order valence-corrected chi connectivity index (χ2v) is 8.62. The number of hydrogen-bond donors (Lipinski definition) is 1. The van der Waals surface area contributed by atoms with Crippen molar-refractivity contribution in [2.75, 3.05) is 20.3 Å². The van der Waals surface area contributed by atoms with Gasteiger partial charge >= 0.3 is 6.09 Å². The van der Waals surface area contributed by atoms with Crippen molar-refractivity contribution in [3.8, 4) is 0 Å². The fourth-order valence-corrected chi connectivity index (χ4v) is 3.89. The number of rotatable bonds is 13. The van der Waals surface area contributed by atoms with Crippen LogP contribution in [-0.2, 0) is 23.8 Å². The van der Waals surface area contributed by atoms with E-state index in [0.717, 1.165) is 56.3 Å². The Morgan fingerprint density at radius 2 is 1.81 bits per heavy atom. The summed E-state index contributed by atoms with van der Waals surface area (Å²) in [5.74, 6) is -0.463. The summed E-state index contributed by atoms with van der Waals surface area (Å²) in [6.45, 7) is 4.19. The van der Waals surface area contributed by atoms with Crippen LogP contribution in [0.3, 0.4) is 0 Å². The molecule has 8 nitrogen and oxygen atoms in total. The van der Waals surface area contributed by atoms with Gasteiger partial charge in [-0.1, -0.05) is 46.0 Å². The molecule has 3 atom stereocenters. The van der Waals surface area contributed by atoms with Crippen LogP contribution in [-0.4, -0.2) is 66.4 Å². The molecule has 2 aliphatic rings. The van der Waals surface area contributed by atoms with Crippen LogP contribution in [0.15, 0.2) is 24.0 Å². The normalized spacial score (nSPS) is 23.0. The molecule has 0 saturated carbocycles. The van der Waals surface area contributed by atoms with E-state index < -0.39 is 30.3 Å². The molecule has 1 fully saturated rings. The van der Waals surface area contributed by atoms with Crippen molar-refractivity contribution in [1.29, 1.82) is 0 Å². The van der Waals surface area contributed by atoms with Crippen molar-refractivity contribution in [3.63, 3.8) is 0 Å². The van der Waals surface area contributed by atoms with Crippen molar-refractivity contribution in [3.05, 3.63) is 24.0 Å². The molecule has 2 amide bonds. The van der Waals surface area contributed by atoms with Crippen LogP contribution >= 0.6 is 0 Å². The zero-order valence-electron chi connectivity index (χ0n) is 19.5. The lowest BCUT2D eigenvalue weighted by molar-refractivity contribution is -0.154. The molecule has 0 aromatic heterocycles. The molecule has 2 aliphatic heterocycles. The predicted octanol–water partition coefficient (Wildman–Crippen LogP) is 3.53. The Labute approximate surface area is 190 Å². The molecule has 1 saturated heterocycles. The highest BCUT2D eigenvalue weighted by Crippen LogP contribution is 2.25. The van der Waals surface area contributed by atoms with E-state index in [1.54, 1.807) is 6.08 Å². The number of hydrogen-bond acceptors (Lipinski definition) is 7. The number of aliphatic hydroxyl groups is 1. The van der Waals surface area contributed by atoms with Crippen LogP contribution in [0.2, 0.25) is 0 Å². The minimum atomic E-state index is -1.23. The Kier molecular flexibility index (Phi) is 10.9. The lowest BCUT2D eigenvalue weighted by atomic mass is 10.0. The second-order valence-electron chi connectivity index (χ2n) is 8.62. The fourth-order valence-electron chi connectivity index (χ4n) is 3.89. The number of amides is 2. The maximum absolute atomic E-state index is 13.1. The third-order valence-electron chi connectivity index (χ3n) is 5.85. The van der Waals surface area contributed by atoms with Crippen LogP contribution in [0.4, 0.5) is 4.79 Å². The van der Waals surface area contributed by atoms with Crippen molar-refractivity contribution >= 4 is 17.8 Å². The predicted molar refractivity (Wildman–Crippen MR) is 119 cm³/mol. The first-order chi connectivity index (χ1) is 15.4. The quantitative estimate of drug-likeness (QED) is 0.427. The average Bonchev–Trinajstić information content (AvgIpc) is 3.16. The van der Waals surface area contributed by atoms with Crippen molar-refractivity contribution in [2.24, 2.45) is 5.92 Å². The fraction of sp³-hybridized carbons (Fsp3) is 0.708. The van der Waals surface area contributed by atoms with Crippen molar-refractivity contribution in [1.82, 2.24) is 4.90 Å². The van der Waals surface area contributed by atoms with E-state index in [0.29, 0.717) is 5.76 Å². The molecule has 0 aromatic rings. The van der Waals surface area contributed by atoms with Gasteiger partial charge in [-0.15, -0.1) is 0 Å². The summed E-state index contributed by atoms with van der Waals surface area (Å²) in [4.78, 5) is 38.7. The van der Waals surface area contributed by atoms with Crippen LogP contribution in [0.1, 0.15) is 65.2 Å². The first kappa shape index (κ1) is 26.1.